The molecule has 2 aromatic rings. The number of hydrogen-bond donors (Lipinski definition) is 4. The van der Waals surface area contributed by atoms with Gasteiger partial charge in [0.25, 0.3) is 0 Å². The number of carbonyl (C=O) groups excluding carboxylic acids is 5. The second kappa shape index (κ2) is 12.2. The van der Waals surface area contributed by atoms with Crippen LogP contribution in [0.15, 0.2) is 48.5 Å². The van der Waals surface area contributed by atoms with Crippen LogP contribution in [0, 0.1) is 0 Å². The fourth-order valence-electron chi connectivity index (χ4n) is 3.57. The second-order valence-corrected chi connectivity index (χ2v) is 7.61. The molecule has 1 aliphatic rings. The number of fused-ring (bicyclic) bond motifs is 3. The summed E-state index contributed by atoms with van der Waals surface area (Å²) in [5.41, 5.74) is 4.36. The van der Waals surface area contributed by atoms with Gasteiger partial charge < -0.3 is 30.7 Å². The van der Waals surface area contributed by atoms with E-state index >= 15 is 0 Å². The maximum atomic E-state index is 12.1. The zero-order chi connectivity index (χ0) is 25.2. The van der Waals surface area contributed by atoms with E-state index in [1.807, 2.05) is 48.5 Å². The third-order valence-corrected chi connectivity index (χ3v) is 5.17. The SMILES string of the molecule is CC(=O)OCNC(=O)CNC(=O)CNC(=O)CNC(=O)OCC1c2ccccc2-c2ccccc21. The molecule has 3 rings (SSSR count). The van der Waals surface area contributed by atoms with Gasteiger partial charge in [-0.1, -0.05) is 48.5 Å². The van der Waals surface area contributed by atoms with Gasteiger partial charge in [-0.2, -0.15) is 0 Å². The Morgan fingerprint density at radius 3 is 1.71 bits per heavy atom. The zero-order valence-electron chi connectivity index (χ0n) is 19.1. The molecule has 4 amide bonds. The van der Waals surface area contributed by atoms with Crippen LogP contribution < -0.4 is 21.3 Å². The average molecular weight is 482 g/mol. The molecule has 1 aliphatic carbocycles. The van der Waals surface area contributed by atoms with Gasteiger partial charge in [-0.05, 0) is 22.3 Å². The molecule has 4 N–H and O–H groups in total. The van der Waals surface area contributed by atoms with Gasteiger partial charge in [0, 0.05) is 12.8 Å². The Labute approximate surface area is 201 Å². The summed E-state index contributed by atoms with van der Waals surface area (Å²) < 4.78 is 9.88. The predicted octanol–water partition coefficient (Wildman–Crippen LogP) is 0.394. The maximum absolute atomic E-state index is 12.1. The maximum Gasteiger partial charge on any atom is 0.407 e. The minimum absolute atomic E-state index is 0.100. The van der Waals surface area contributed by atoms with E-state index in [2.05, 4.69) is 26.0 Å². The van der Waals surface area contributed by atoms with Crippen molar-refractivity contribution in [2.45, 2.75) is 12.8 Å². The van der Waals surface area contributed by atoms with Crippen molar-refractivity contribution >= 4 is 29.8 Å². The van der Waals surface area contributed by atoms with Crippen LogP contribution in [0.25, 0.3) is 11.1 Å². The lowest BCUT2D eigenvalue weighted by atomic mass is 9.98. The number of hydrogen-bond acceptors (Lipinski definition) is 7. The first-order chi connectivity index (χ1) is 16.8. The molecular weight excluding hydrogens is 456 g/mol. The summed E-state index contributed by atoms with van der Waals surface area (Å²) in [6.45, 7) is -0.117. The van der Waals surface area contributed by atoms with Crippen molar-refractivity contribution in [3.63, 3.8) is 0 Å². The Balaban J connectivity index is 1.34. The Bertz CT molecular complexity index is 1070. The molecule has 0 saturated carbocycles. The summed E-state index contributed by atoms with van der Waals surface area (Å²) in [4.78, 5) is 57.8. The molecule has 0 fully saturated rings. The van der Waals surface area contributed by atoms with Crippen LogP contribution in [0.4, 0.5) is 4.79 Å². The Morgan fingerprint density at radius 2 is 1.17 bits per heavy atom. The van der Waals surface area contributed by atoms with E-state index in [1.54, 1.807) is 0 Å². The molecule has 0 spiro atoms. The number of esters is 1. The third kappa shape index (κ3) is 7.29. The lowest BCUT2D eigenvalue weighted by molar-refractivity contribution is -0.143. The smallest absolute Gasteiger partial charge is 0.407 e. The average Bonchev–Trinajstić information content (AvgIpc) is 3.17. The number of nitrogens with one attached hydrogen (secondary N) is 4. The Hall–Kier alpha value is -4.41. The van der Waals surface area contributed by atoms with Crippen LogP contribution >= 0.6 is 0 Å². The first-order valence-corrected chi connectivity index (χ1v) is 10.9. The number of rotatable bonds is 10. The van der Waals surface area contributed by atoms with Crippen LogP contribution in [0.2, 0.25) is 0 Å². The lowest BCUT2D eigenvalue weighted by Crippen LogP contribution is -2.44. The van der Waals surface area contributed by atoms with Gasteiger partial charge in [0.15, 0.2) is 6.73 Å². The van der Waals surface area contributed by atoms with Crippen molar-refractivity contribution in [3.05, 3.63) is 59.7 Å². The normalized spacial score (nSPS) is 11.5. The number of carbonyl (C=O) groups is 5. The topological polar surface area (TPSA) is 152 Å². The fourth-order valence-corrected chi connectivity index (χ4v) is 3.57. The standard InChI is InChI=1S/C24H26N4O7/c1-15(29)35-14-28-23(32)11-26-21(30)10-25-22(31)12-27-24(33)34-13-20-18-8-4-2-6-16(18)17-7-3-5-9-19(17)20/h2-9,20H,10-14H2,1H3,(H,25,31)(H,26,30)(H,27,33)(H,28,32). The zero-order valence-corrected chi connectivity index (χ0v) is 19.1. The number of alkyl carbamates (subject to hydrolysis) is 1. The second-order valence-electron chi connectivity index (χ2n) is 7.61. The molecule has 11 nitrogen and oxygen atoms in total. The third-order valence-electron chi connectivity index (χ3n) is 5.17. The quantitative estimate of drug-likeness (QED) is 0.282. The van der Waals surface area contributed by atoms with Crippen LogP contribution in [-0.2, 0) is 28.7 Å². The summed E-state index contributed by atoms with van der Waals surface area (Å²) in [7, 11) is 0. The van der Waals surface area contributed by atoms with Crippen molar-refractivity contribution < 1.29 is 33.4 Å². The molecule has 0 aliphatic heterocycles. The van der Waals surface area contributed by atoms with Crippen molar-refractivity contribution in [1.29, 1.82) is 0 Å². The molecule has 0 unspecified atom stereocenters. The van der Waals surface area contributed by atoms with Crippen molar-refractivity contribution in [3.8, 4) is 11.1 Å². The molecular formula is C24H26N4O7. The molecule has 2 aromatic carbocycles. The molecule has 0 saturated heterocycles. The van der Waals surface area contributed by atoms with Gasteiger partial charge >= 0.3 is 12.1 Å². The first-order valence-electron chi connectivity index (χ1n) is 10.9. The molecule has 0 atom stereocenters. The van der Waals surface area contributed by atoms with E-state index in [0.717, 1.165) is 22.3 Å². The van der Waals surface area contributed by atoms with Gasteiger partial charge in [-0.3, -0.25) is 19.2 Å². The van der Waals surface area contributed by atoms with E-state index in [1.165, 1.54) is 6.92 Å². The number of benzene rings is 2. The Morgan fingerprint density at radius 1 is 0.686 bits per heavy atom. The number of amides is 4. The summed E-state index contributed by atoms with van der Waals surface area (Å²) in [6.07, 6.45) is -0.754. The molecule has 0 aromatic heterocycles. The molecule has 0 bridgehead atoms. The van der Waals surface area contributed by atoms with Gasteiger partial charge in [0.2, 0.25) is 17.7 Å². The van der Waals surface area contributed by atoms with E-state index in [0.29, 0.717) is 0 Å². The van der Waals surface area contributed by atoms with Gasteiger partial charge in [-0.15, -0.1) is 0 Å². The van der Waals surface area contributed by atoms with Crippen molar-refractivity contribution in [1.82, 2.24) is 21.3 Å². The molecule has 0 heterocycles. The van der Waals surface area contributed by atoms with E-state index in [4.69, 9.17) is 4.74 Å². The minimum atomic E-state index is -0.754. The largest absolute Gasteiger partial charge is 0.449 e. The molecule has 0 radical (unpaired) electrons. The van der Waals surface area contributed by atoms with Crippen LogP contribution in [-0.4, -0.2) is 62.8 Å². The highest BCUT2D eigenvalue weighted by Gasteiger charge is 2.29. The predicted molar refractivity (Wildman–Crippen MR) is 124 cm³/mol. The van der Waals surface area contributed by atoms with Gasteiger partial charge in [0.05, 0.1) is 13.1 Å². The number of ether oxygens (including phenoxy) is 2. The molecule has 11 heteroatoms. The van der Waals surface area contributed by atoms with Crippen LogP contribution in [0.1, 0.15) is 24.0 Å². The first kappa shape index (κ1) is 25.2. The van der Waals surface area contributed by atoms with Crippen molar-refractivity contribution in [2.24, 2.45) is 0 Å². The van der Waals surface area contributed by atoms with E-state index in [9.17, 15) is 24.0 Å². The van der Waals surface area contributed by atoms with Crippen LogP contribution in [0.3, 0.4) is 0 Å². The summed E-state index contributed by atoms with van der Waals surface area (Å²) in [5, 5.41) is 9.23. The monoisotopic (exact) mass is 482 g/mol. The van der Waals surface area contributed by atoms with Crippen molar-refractivity contribution in [2.75, 3.05) is 33.0 Å². The summed E-state index contributed by atoms with van der Waals surface area (Å²) in [6, 6.07) is 15.9. The lowest BCUT2D eigenvalue weighted by Gasteiger charge is -2.14. The molecule has 184 valence electrons. The van der Waals surface area contributed by atoms with E-state index < -0.39 is 29.8 Å². The van der Waals surface area contributed by atoms with Gasteiger partial charge in [-0.25, -0.2) is 4.79 Å². The van der Waals surface area contributed by atoms with Gasteiger partial charge in [0.1, 0.15) is 13.2 Å². The summed E-state index contributed by atoms with van der Waals surface area (Å²) >= 11 is 0. The highest BCUT2D eigenvalue weighted by molar-refractivity contribution is 5.89. The molecule has 35 heavy (non-hydrogen) atoms. The fraction of sp³-hybridized carbons (Fsp3) is 0.292. The minimum Gasteiger partial charge on any atom is -0.449 e. The Kier molecular flexibility index (Phi) is 8.76. The highest BCUT2D eigenvalue weighted by Crippen LogP contribution is 2.44. The van der Waals surface area contributed by atoms with E-state index in [-0.39, 0.29) is 38.9 Å². The highest BCUT2D eigenvalue weighted by atomic mass is 16.5. The van der Waals surface area contributed by atoms with Crippen LogP contribution in [0.5, 0.6) is 0 Å². The summed E-state index contributed by atoms with van der Waals surface area (Å²) in [5.74, 6) is -2.43.